The maximum atomic E-state index is 12.5. The summed E-state index contributed by atoms with van der Waals surface area (Å²) in [6, 6.07) is -2.28. The van der Waals surface area contributed by atoms with E-state index in [4.69, 9.17) is 11.5 Å². The number of nitrogens with two attached hydrogens (primary N) is 2. The van der Waals surface area contributed by atoms with Gasteiger partial charge >= 0.3 is 0 Å². The first-order valence-corrected chi connectivity index (χ1v) is 11.2. The molecule has 0 bridgehead atoms. The highest BCUT2D eigenvalue weighted by Gasteiger charge is 2.29. The van der Waals surface area contributed by atoms with Gasteiger partial charge < -0.3 is 32.5 Å². The Balaban J connectivity index is 2.52. The fourth-order valence-corrected chi connectivity index (χ4v) is 3.81. The van der Waals surface area contributed by atoms with Gasteiger partial charge in [0.05, 0.1) is 18.7 Å². The Bertz CT molecular complexity index is 607. The average Bonchev–Trinajstić information content (AvgIpc) is 2.75. The first-order chi connectivity index (χ1) is 14.7. The van der Waals surface area contributed by atoms with Crippen LogP contribution in [0.4, 0.5) is 0 Å². The molecule has 1 saturated carbocycles. The fourth-order valence-electron chi connectivity index (χ4n) is 3.81. The molecule has 3 amide bonds. The Morgan fingerprint density at radius 1 is 1.06 bits per heavy atom. The number of rotatable bonds is 13. The zero-order valence-electron chi connectivity index (χ0n) is 18.7. The molecule has 0 aromatic carbocycles. The van der Waals surface area contributed by atoms with Crippen LogP contribution in [0.1, 0.15) is 65.2 Å². The summed E-state index contributed by atoms with van der Waals surface area (Å²) in [5.41, 5.74) is 11.6. The summed E-state index contributed by atoms with van der Waals surface area (Å²) in [5, 5.41) is 17.4. The fraction of sp³-hybridized carbons (Fsp3) is 0.810. The van der Waals surface area contributed by atoms with Crippen LogP contribution in [-0.2, 0) is 19.2 Å². The van der Waals surface area contributed by atoms with Crippen LogP contribution in [-0.4, -0.2) is 65.9 Å². The van der Waals surface area contributed by atoms with Crippen LogP contribution in [0, 0.1) is 5.92 Å². The Morgan fingerprint density at radius 2 is 1.71 bits per heavy atom. The molecule has 0 aromatic rings. The summed E-state index contributed by atoms with van der Waals surface area (Å²) in [5.74, 6) is -1.50. The van der Waals surface area contributed by atoms with E-state index in [0.717, 1.165) is 25.7 Å². The van der Waals surface area contributed by atoms with Crippen molar-refractivity contribution >= 4 is 23.5 Å². The molecule has 1 aliphatic rings. The molecule has 8 N–H and O–H groups in total. The third kappa shape index (κ3) is 9.75. The van der Waals surface area contributed by atoms with Crippen LogP contribution >= 0.6 is 0 Å². The molecular weight excluding hydrogens is 402 g/mol. The number of aliphatic hydroxyl groups is 1. The molecule has 1 fully saturated rings. The lowest BCUT2D eigenvalue weighted by atomic mass is 9.83. The highest BCUT2D eigenvalue weighted by atomic mass is 16.3. The number of amides is 3. The molecule has 1 rings (SSSR count). The van der Waals surface area contributed by atoms with Crippen LogP contribution in [0.15, 0.2) is 0 Å². The summed E-state index contributed by atoms with van der Waals surface area (Å²) >= 11 is 0. The second-order valence-electron chi connectivity index (χ2n) is 8.29. The van der Waals surface area contributed by atoms with Gasteiger partial charge in [-0.1, -0.05) is 26.2 Å². The minimum absolute atomic E-state index is 0.137. The smallest absolute Gasteiger partial charge is 0.245 e. The highest BCUT2D eigenvalue weighted by Crippen LogP contribution is 2.26. The monoisotopic (exact) mass is 441 g/mol. The van der Waals surface area contributed by atoms with E-state index in [-0.39, 0.29) is 50.1 Å². The molecule has 0 heterocycles. The highest BCUT2D eigenvalue weighted by molar-refractivity contribution is 5.93. The lowest BCUT2D eigenvalue weighted by Gasteiger charge is -2.27. The molecule has 178 valence electrons. The summed E-state index contributed by atoms with van der Waals surface area (Å²) in [6.07, 6.45) is 4.92. The van der Waals surface area contributed by atoms with Gasteiger partial charge in [-0.05, 0) is 38.6 Å². The van der Waals surface area contributed by atoms with Crippen molar-refractivity contribution in [1.82, 2.24) is 16.0 Å². The van der Waals surface area contributed by atoms with Crippen LogP contribution in [0.2, 0.25) is 0 Å². The molecule has 31 heavy (non-hydrogen) atoms. The van der Waals surface area contributed by atoms with E-state index >= 15 is 0 Å². The number of carbonyl (C=O) groups is 4. The zero-order valence-corrected chi connectivity index (χ0v) is 18.7. The minimum Gasteiger partial charge on any atom is -0.391 e. The van der Waals surface area contributed by atoms with E-state index in [0.29, 0.717) is 5.92 Å². The van der Waals surface area contributed by atoms with Gasteiger partial charge in [0.15, 0.2) is 5.78 Å². The molecule has 2 unspecified atom stereocenters. The minimum atomic E-state index is -1.26. The number of hydrogen-bond donors (Lipinski definition) is 6. The first-order valence-electron chi connectivity index (χ1n) is 11.2. The summed E-state index contributed by atoms with van der Waals surface area (Å²) in [7, 11) is 0. The molecule has 10 heteroatoms. The van der Waals surface area contributed by atoms with Gasteiger partial charge in [0.2, 0.25) is 17.7 Å². The molecule has 0 aromatic heterocycles. The Labute approximate surface area is 184 Å². The van der Waals surface area contributed by atoms with Crippen LogP contribution in [0.25, 0.3) is 0 Å². The van der Waals surface area contributed by atoms with Gasteiger partial charge in [0, 0.05) is 18.9 Å². The zero-order chi connectivity index (χ0) is 23.4. The van der Waals surface area contributed by atoms with Crippen molar-refractivity contribution in [3.8, 4) is 0 Å². The van der Waals surface area contributed by atoms with Gasteiger partial charge in [0.1, 0.15) is 6.04 Å². The molecule has 0 radical (unpaired) electrons. The number of ketones is 1. The van der Waals surface area contributed by atoms with E-state index in [2.05, 4.69) is 16.0 Å². The van der Waals surface area contributed by atoms with E-state index in [1.807, 2.05) is 0 Å². The molecule has 4 atom stereocenters. The standard InChI is InChI=1S/C21H39N5O5/c1-3-17(28)16(9-10-22)25-21(31)20(13(2)27)26-19(30)12-24-18(29)11-15(23)14-7-5-4-6-8-14/h13-16,20,27H,3-12,22-23H2,1-2H3,(H,24,29)(H,25,31)(H,26,30)/t13?,15?,16-,20-/m0/s1. The van der Waals surface area contributed by atoms with Gasteiger partial charge in [-0.3, -0.25) is 19.2 Å². The topological polar surface area (TPSA) is 177 Å². The molecule has 0 saturated heterocycles. The first kappa shape index (κ1) is 27.0. The van der Waals surface area contributed by atoms with Crippen molar-refractivity contribution in [2.24, 2.45) is 17.4 Å². The van der Waals surface area contributed by atoms with Crippen molar-refractivity contribution < 1.29 is 24.3 Å². The van der Waals surface area contributed by atoms with Crippen LogP contribution in [0.5, 0.6) is 0 Å². The number of aliphatic hydroxyl groups excluding tert-OH is 1. The van der Waals surface area contributed by atoms with Gasteiger partial charge in [0.25, 0.3) is 0 Å². The third-order valence-electron chi connectivity index (χ3n) is 5.71. The van der Waals surface area contributed by atoms with E-state index in [9.17, 15) is 24.3 Å². The number of carbonyl (C=O) groups excluding carboxylic acids is 4. The van der Waals surface area contributed by atoms with E-state index < -0.39 is 30.0 Å². The lowest BCUT2D eigenvalue weighted by Crippen LogP contribution is -2.57. The number of Topliss-reactive ketones (excluding diaryl/α,β-unsaturated/α-hetero) is 1. The van der Waals surface area contributed by atoms with Gasteiger partial charge in [-0.2, -0.15) is 0 Å². The lowest BCUT2D eigenvalue weighted by molar-refractivity contribution is -0.134. The maximum Gasteiger partial charge on any atom is 0.245 e. The summed E-state index contributed by atoms with van der Waals surface area (Å²) in [6.45, 7) is 2.89. The molecule has 1 aliphatic carbocycles. The van der Waals surface area contributed by atoms with Crippen molar-refractivity contribution in [1.29, 1.82) is 0 Å². The van der Waals surface area contributed by atoms with Crippen LogP contribution in [0.3, 0.4) is 0 Å². The Hall–Kier alpha value is -2.04. The quantitative estimate of drug-likeness (QED) is 0.214. The predicted molar refractivity (Wildman–Crippen MR) is 117 cm³/mol. The van der Waals surface area contributed by atoms with Gasteiger partial charge in [-0.15, -0.1) is 0 Å². The van der Waals surface area contributed by atoms with E-state index in [1.54, 1.807) is 6.92 Å². The predicted octanol–water partition coefficient (Wildman–Crippen LogP) is -0.921. The SMILES string of the molecule is CCC(=O)[C@H](CCN)NC(=O)[C@@H](NC(=O)CNC(=O)CC(N)C1CCCCC1)C(C)O. The van der Waals surface area contributed by atoms with Crippen molar-refractivity contribution in [3.05, 3.63) is 0 Å². The van der Waals surface area contributed by atoms with Crippen molar-refractivity contribution in [2.45, 2.75) is 89.4 Å². The average molecular weight is 442 g/mol. The Morgan fingerprint density at radius 3 is 2.26 bits per heavy atom. The van der Waals surface area contributed by atoms with Crippen molar-refractivity contribution in [2.75, 3.05) is 13.1 Å². The maximum absolute atomic E-state index is 12.5. The van der Waals surface area contributed by atoms with Crippen molar-refractivity contribution in [3.63, 3.8) is 0 Å². The Kier molecular flexibility index (Phi) is 12.3. The second-order valence-corrected chi connectivity index (χ2v) is 8.29. The number of hydrogen-bond acceptors (Lipinski definition) is 7. The molecule has 10 nitrogen and oxygen atoms in total. The largest absolute Gasteiger partial charge is 0.391 e. The van der Waals surface area contributed by atoms with E-state index in [1.165, 1.54) is 13.3 Å². The molecular formula is C21H39N5O5. The molecule has 0 aliphatic heterocycles. The summed E-state index contributed by atoms with van der Waals surface area (Å²) in [4.78, 5) is 48.8. The molecule has 0 spiro atoms. The normalized spacial score (nSPS) is 18.4. The third-order valence-corrected chi connectivity index (χ3v) is 5.71. The van der Waals surface area contributed by atoms with Crippen LogP contribution < -0.4 is 27.4 Å². The van der Waals surface area contributed by atoms with Gasteiger partial charge in [-0.25, -0.2) is 0 Å². The second kappa shape index (κ2) is 14.1. The summed E-state index contributed by atoms with van der Waals surface area (Å²) < 4.78 is 0. The number of nitrogens with one attached hydrogen (secondary N) is 3.